The lowest BCUT2D eigenvalue weighted by atomic mass is 9.86. The van der Waals surface area contributed by atoms with E-state index in [9.17, 15) is 20.4 Å². The maximum absolute atomic E-state index is 9.81. The average Bonchev–Trinajstić information content (AvgIpc) is 3.66. The fourth-order valence-electron chi connectivity index (χ4n) is 6.62. The lowest BCUT2D eigenvalue weighted by Crippen LogP contribution is -2.26. The van der Waals surface area contributed by atoms with Gasteiger partial charge < -0.3 is 39.4 Å². The summed E-state index contributed by atoms with van der Waals surface area (Å²) in [6.45, 7) is 21.2. The summed E-state index contributed by atoms with van der Waals surface area (Å²) < 4.78 is 22.0. The van der Waals surface area contributed by atoms with Crippen molar-refractivity contribution < 1.29 is 39.4 Å². The smallest absolute Gasteiger partial charge is 0.109 e. The van der Waals surface area contributed by atoms with E-state index in [1.165, 1.54) is 0 Å². The Labute approximate surface area is 350 Å². The zero-order chi connectivity index (χ0) is 43.7. The molecule has 4 aliphatic heterocycles. The van der Waals surface area contributed by atoms with Gasteiger partial charge in [-0.3, -0.25) is 0 Å². The predicted octanol–water partition coefficient (Wildman–Crippen LogP) is 3.90. The zero-order valence-electron chi connectivity index (χ0n) is 37.2. The number of aliphatic hydroxyl groups excluding tert-OH is 4. The molecule has 4 rings (SSSR count). The van der Waals surface area contributed by atoms with Crippen LogP contribution in [-0.4, -0.2) is 228 Å². The molecule has 8 nitrogen and oxygen atoms in total. The first-order valence-electron chi connectivity index (χ1n) is 20.3. The van der Waals surface area contributed by atoms with Gasteiger partial charge in [0.1, 0.15) is 31.4 Å². The lowest BCUT2D eigenvalue weighted by Gasteiger charge is -2.19. The van der Waals surface area contributed by atoms with Crippen LogP contribution in [0.3, 0.4) is 0 Å². The van der Waals surface area contributed by atoms with E-state index in [1.807, 2.05) is 27.7 Å². The van der Waals surface area contributed by atoms with Crippen LogP contribution < -0.4 is 0 Å². The van der Waals surface area contributed by atoms with E-state index in [2.05, 4.69) is 78.5 Å². The molecule has 0 saturated carbocycles. The quantitative estimate of drug-likeness (QED) is 0.173. The Hall–Kier alpha value is 1.14. The molecule has 0 bridgehead atoms. The van der Waals surface area contributed by atoms with Gasteiger partial charge in [-0.25, -0.2) is 0 Å². The third-order valence-corrected chi connectivity index (χ3v) is 17.0. The number of hydrogen-bond donors (Lipinski definition) is 4. The van der Waals surface area contributed by atoms with E-state index in [0.717, 1.165) is 50.3 Å². The van der Waals surface area contributed by atoms with Crippen LogP contribution in [0.1, 0.15) is 53.4 Å². The molecular formula is C40H80B4O8P4. The SMILES string of the molecule is [B][C@@H]1O[C@H](CCP(=C)(C)C)[C@@H](O)C1C.[B][C@@H]1O[C@H](CCP(=C)(C)C)[C@@H](O)C1C.[B][C@@H]1O[C@H](CCP(=C)(C)C)[C@@H](O)C1C.[B][C@@H]1O[C@H](CCP(=C)(C)C)[C@@H](O)C1C. The van der Waals surface area contributed by atoms with E-state index in [0.29, 0.717) is 0 Å². The molecule has 0 aromatic heterocycles. The molecule has 4 fully saturated rings. The summed E-state index contributed by atoms with van der Waals surface area (Å²) in [5.41, 5.74) is 0. The molecule has 4 saturated heterocycles. The Morgan fingerprint density at radius 2 is 0.518 bits per heavy atom. The Kier molecular flexibility index (Phi) is 23.2. The molecule has 4 N–H and O–H groups in total. The van der Waals surface area contributed by atoms with E-state index < -0.39 is 52.0 Å². The molecule has 0 aromatic carbocycles. The highest BCUT2D eigenvalue weighted by atomic mass is 31.2. The van der Waals surface area contributed by atoms with Gasteiger partial charge in [0.05, 0.1) is 48.8 Å². The monoisotopic (exact) mass is 857 g/mol. The highest BCUT2D eigenvalue weighted by Gasteiger charge is 2.40. The molecule has 16 atom stereocenters. The number of hydrogen-bond acceptors (Lipinski definition) is 8. The normalized spacial score (nSPS) is 38.9. The standard InChI is InChI=1S/4C10H20BO2P/c4*1-7-9(12)8(13-10(7)11)5-6-14(2,3)4/h4*7-10,12H,2,5-6H2,1,3-4H3/t4*7?,8-,9+,10-/m1111/s1. The molecule has 0 spiro atoms. The van der Waals surface area contributed by atoms with Gasteiger partial charge in [0.25, 0.3) is 0 Å². The van der Waals surface area contributed by atoms with Gasteiger partial charge in [0.15, 0.2) is 0 Å². The van der Waals surface area contributed by atoms with Crippen LogP contribution in [0.25, 0.3) is 0 Å². The first-order valence-corrected chi connectivity index (χ1v) is 32.5. The summed E-state index contributed by atoms with van der Waals surface area (Å²) in [6, 6.07) is -1.22. The fraction of sp³-hybridized carbons (Fsp3) is 0.900. The van der Waals surface area contributed by atoms with Crippen molar-refractivity contribution in [1.29, 1.82) is 0 Å². The molecule has 4 aliphatic rings. The Bertz CT molecular complexity index is 1150. The zero-order valence-corrected chi connectivity index (χ0v) is 40.8. The van der Waals surface area contributed by atoms with Crippen LogP contribution in [0, 0.1) is 23.7 Å². The lowest BCUT2D eigenvalue weighted by molar-refractivity contribution is 0.0301. The van der Waals surface area contributed by atoms with Crippen molar-refractivity contribution in [2.45, 2.75) is 126 Å². The second kappa shape index (κ2) is 23.5. The van der Waals surface area contributed by atoms with Gasteiger partial charge in [-0.2, -0.15) is 0 Å². The first-order chi connectivity index (χ1) is 25.2. The van der Waals surface area contributed by atoms with Crippen molar-refractivity contribution >= 4 is 84.1 Å². The van der Waals surface area contributed by atoms with Crippen LogP contribution in [0.5, 0.6) is 0 Å². The predicted molar refractivity (Wildman–Crippen MR) is 260 cm³/mol. The second-order valence-electron chi connectivity index (χ2n) is 19.7. The largest absolute Gasteiger partial charge is 0.390 e. The van der Waals surface area contributed by atoms with Gasteiger partial charge in [-0.1, -0.05) is 27.7 Å². The summed E-state index contributed by atoms with van der Waals surface area (Å²) in [6.07, 6.45) is 22.3. The fourth-order valence-corrected chi connectivity index (χ4v) is 10.4. The molecule has 8 radical (unpaired) electrons. The molecule has 0 aromatic rings. The van der Waals surface area contributed by atoms with Crippen LogP contribution in [0.4, 0.5) is 0 Å². The average molecular weight is 856 g/mol. The number of ether oxygens (including phenoxy) is 4. The van der Waals surface area contributed by atoms with Crippen molar-refractivity contribution in [2.24, 2.45) is 23.7 Å². The van der Waals surface area contributed by atoms with E-state index in [4.69, 9.17) is 50.3 Å². The van der Waals surface area contributed by atoms with Gasteiger partial charge in [-0.15, -0.1) is 52.7 Å². The summed E-state index contributed by atoms with van der Waals surface area (Å²) >= 11 is 0. The Morgan fingerprint density at radius 3 is 0.607 bits per heavy atom. The third kappa shape index (κ3) is 20.3. The van der Waals surface area contributed by atoms with Crippen LogP contribution >= 0.6 is 27.5 Å². The van der Waals surface area contributed by atoms with Crippen molar-refractivity contribution in [1.82, 2.24) is 0 Å². The highest BCUT2D eigenvalue weighted by Crippen LogP contribution is 2.41. The summed E-state index contributed by atoms with van der Waals surface area (Å²) in [5, 5.41) is 39.2. The molecule has 4 heterocycles. The summed E-state index contributed by atoms with van der Waals surface area (Å²) in [7, 11) is 22.8. The summed E-state index contributed by atoms with van der Waals surface area (Å²) in [4.78, 5) is 0. The van der Waals surface area contributed by atoms with Gasteiger partial charge >= 0.3 is 0 Å². The Morgan fingerprint density at radius 1 is 0.375 bits per heavy atom. The second-order valence-corrected chi connectivity index (χ2v) is 37.0. The van der Waals surface area contributed by atoms with E-state index in [1.54, 1.807) is 0 Å². The molecule has 56 heavy (non-hydrogen) atoms. The molecule has 16 heteroatoms. The van der Waals surface area contributed by atoms with Crippen molar-refractivity contribution in [3.05, 3.63) is 0 Å². The Balaban J connectivity index is 0.000000373. The maximum atomic E-state index is 9.81. The highest BCUT2D eigenvalue weighted by molar-refractivity contribution is 7.73. The minimum atomic E-state index is -1.02. The van der Waals surface area contributed by atoms with Crippen molar-refractivity contribution in [3.8, 4) is 0 Å². The number of rotatable bonds is 12. The topological polar surface area (TPSA) is 118 Å². The first kappa shape index (κ1) is 55.2. The van der Waals surface area contributed by atoms with Gasteiger partial charge in [0, 0.05) is 47.7 Å². The van der Waals surface area contributed by atoms with Crippen LogP contribution in [0.2, 0.25) is 0 Å². The molecule has 0 aliphatic carbocycles. The molecule has 0 amide bonds. The summed E-state index contributed by atoms with van der Waals surface area (Å²) in [5.74, 6) is 0.190. The molecule has 320 valence electrons. The van der Waals surface area contributed by atoms with Gasteiger partial charge in [-0.05, 0) is 104 Å². The van der Waals surface area contributed by atoms with E-state index in [-0.39, 0.29) is 72.1 Å². The van der Waals surface area contributed by atoms with Gasteiger partial charge in [0.2, 0.25) is 0 Å². The van der Waals surface area contributed by atoms with Crippen LogP contribution in [0.15, 0.2) is 0 Å². The van der Waals surface area contributed by atoms with Crippen LogP contribution in [-0.2, 0) is 18.9 Å². The minimum absolute atomic E-state index is 0.0475. The van der Waals surface area contributed by atoms with Crippen molar-refractivity contribution in [2.75, 3.05) is 78.0 Å². The minimum Gasteiger partial charge on any atom is -0.390 e. The third-order valence-electron chi connectivity index (χ3n) is 11.2. The van der Waals surface area contributed by atoms with E-state index >= 15 is 0 Å². The molecular weight excluding hydrogens is 776 g/mol. The maximum Gasteiger partial charge on any atom is 0.109 e. The number of aliphatic hydroxyl groups is 4. The van der Waals surface area contributed by atoms with Crippen molar-refractivity contribution in [3.63, 3.8) is 0 Å². The molecule has 4 unspecified atom stereocenters.